The number of benzene rings is 1. The molecule has 0 bridgehead atoms. The number of fused-ring (bicyclic) bond motifs is 1. The van der Waals surface area contributed by atoms with Crippen LogP contribution in [0.3, 0.4) is 0 Å². The van der Waals surface area contributed by atoms with E-state index in [-0.39, 0.29) is 17.1 Å². The maximum absolute atomic E-state index is 12.1. The standard InChI is InChI=1S/C23H30N2O3S/c1-17(2)18-6-4-7-20(16-18)28-19-9-11-23(3,12-10-19)21-8-5-13-25-14-15-29(26,27)24-22(21)25/h4,6-7,9-11,16-17,21H,5,8,12-15H2,1-3H3/t21-,23?/m1/s1. The third-order valence-corrected chi connectivity index (χ3v) is 7.50. The largest absolute Gasteiger partial charge is 0.458 e. The van der Waals surface area contributed by atoms with Crippen molar-refractivity contribution >= 4 is 15.9 Å². The van der Waals surface area contributed by atoms with Crippen LogP contribution < -0.4 is 4.74 Å². The smallest absolute Gasteiger partial charge is 0.256 e. The molecule has 0 amide bonds. The Bertz CT molecular complexity index is 978. The van der Waals surface area contributed by atoms with Crippen LogP contribution in [-0.2, 0) is 10.0 Å². The molecule has 5 nitrogen and oxygen atoms in total. The Kier molecular flexibility index (Phi) is 5.32. The molecule has 0 radical (unpaired) electrons. The molecule has 1 aromatic rings. The predicted octanol–water partition coefficient (Wildman–Crippen LogP) is 4.49. The normalized spacial score (nSPS) is 28.6. The Morgan fingerprint density at radius 3 is 2.83 bits per heavy atom. The van der Waals surface area contributed by atoms with E-state index in [1.54, 1.807) is 0 Å². The molecule has 0 spiro atoms. The summed E-state index contributed by atoms with van der Waals surface area (Å²) in [4.78, 5) is 2.17. The topological polar surface area (TPSA) is 59.0 Å². The molecule has 3 aliphatic rings. The van der Waals surface area contributed by atoms with Crippen LogP contribution in [0.5, 0.6) is 5.75 Å². The highest BCUT2D eigenvalue weighted by Crippen LogP contribution is 2.43. The fraction of sp³-hybridized carbons (Fsp3) is 0.522. The van der Waals surface area contributed by atoms with Crippen LogP contribution in [0.25, 0.3) is 0 Å². The van der Waals surface area contributed by atoms with E-state index in [2.05, 4.69) is 54.4 Å². The van der Waals surface area contributed by atoms with Crippen LogP contribution in [0.4, 0.5) is 0 Å². The molecule has 0 saturated carbocycles. The van der Waals surface area contributed by atoms with Gasteiger partial charge in [-0.15, -0.1) is 4.40 Å². The van der Waals surface area contributed by atoms with Crippen LogP contribution >= 0.6 is 0 Å². The second kappa shape index (κ2) is 7.63. The zero-order valence-corrected chi connectivity index (χ0v) is 18.3. The molecule has 2 heterocycles. The lowest BCUT2D eigenvalue weighted by Crippen LogP contribution is -2.51. The molecule has 0 N–H and O–H groups in total. The highest BCUT2D eigenvalue weighted by Gasteiger charge is 2.42. The first kappa shape index (κ1) is 20.2. The molecule has 1 unspecified atom stereocenters. The zero-order valence-electron chi connectivity index (χ0n) is 17.5. The maximum Gasteiger partial charge on any atom is 0.256 e. The van der Waals surface area contributed by atoms with Crippen molar-refractivity contribution in [3.05, 3.63) is 53.8 Å². The molecule has 6 heteroatoms. The summed E-state index contributed by atoms with van der Waals surface area (Å²) in [6.45, 7) is 8.01. The van der Waals surface area contributed by atoms with Crippen molar-refractivity contribution in [2.45, 2.75) is 46.0 Å². The first-order valence-corrected chi connectivity index (χ1v) is 12.1. The summed E-state index contributed by atoms with van der Waals surface area (Å²) in [6.07, 6.45) is 9.18. The van der Waals surface area contributed by atoms with Gasteiger partial charge in [0.05, 0.1) is 5.75 Å². The van der Waals surface area contributed by atoms with E-state index in [4.69, 9.17) is 4.74 Å². The molecule has 29 heavy (non-hydrogen) atoms. The molecule has 156 valence electrons. The number of rotatable bonds is 4. The summed E-state index contributed by atoms with van der Waals surface area (Å²) >= 11 is 0. The van der Waals surface area contributed by atoms with Crippen molar-refractivity contribution < 1.29 is 13.2 Å². The first-order chi connectivity index (χ1) is 13.8. The Morgan fingerprint density at radius 2 is 2.10 bits per heavy atom. The van der Waals surface area contributed by atoms with Gasteiger partial charge in [-0.2, -0.15) is 0 Å². The summed E-state index contributed by atoms with van der Waals surface area (Å²) in [7, 11) is -3.33. The second-order valence-corrected chi connectivity index (χ2v) is 10.7. The quantitative estimate of drug-likeness (QED) is 0.728. The molecular formula is C23H30N2O3S. The van der Waals surface area contributed by atoms with Crippen molar-refractivity contribution in [1.29, 1.82) is 0 Å². The van der Waals surface area contributed by atoms with Crippen LogP contribution in [0.2, 0.25) is 0 Å². The minimum Gasteiger partial charge on any atom is -0.458 e. The lowest BCUT2D eigenvalue weighted by Gasteiger charge is -2.45. The number of nitrogens with zero attached hydrogens (tertiary/aromatic N) is 2. The summed E-state index contributed by atoms with van der Waals surface area (Å²) in [5, 5.41) is 0. The fourth-order valence-corrected chi connectivity index (χ4v) is 5.54. The third kappa shape index (κ3) is 4.27. The zero-order chi connectivity index (χ0) is 20.6. The molecule has 1 saturated heterocycles. The van der Waals surface area contributed by atoms with Gasteiger partial charge < -0.3 is 9.64 Å². The average molecular weight is 415 g/mol. The van der Waals surface area contributed by atoms with Gasteiger partial charge in [0.25, 0.3) is 10.0 Å². The number of allylic oxidation sites excluding steroid dienone is 3. The highest BCUT2D eigenvalue weighted by atomic mass is 32.2. The van der Waals surface area contributed by atoms with Gasteiger partial charge in [0.1, 0.15) is 17.3 Å². The molecule has 1 aliphatic carbocycles. The highest BCUT2D eigenvalue weighted by molar-refractivity contribution is 7.90. The van der Waals surface area contributed by atoms with Gasteiger partial charge in [0.2, 0.25) is 0 Å². The lowest BCUT2D eigenvalue weighted by molar-refractivity contribution is 0.233. The number of ether oxygens (including phenoxy) is 1. The Labute approximate surface area is 174 Å². The number of amidine groups is 1. The molecule has 1 aromatic carbocycles. The predicted molar refractivity (Wildman–Crippen MR) is 117 cm³/mol. The summed E-state index contributed by atoms with van der Waals surface area (Å²) in [5.74, 6) is 3.15. The Hall–Kier alpha value is -2.08. The summed E-state index contributed by atoms with van der Waals surface area (Å²) in [5.41, 5.74) is 1.10. The van der Waals surface area contributed by atoms with Crippen molar-refractivity contribution in [1.82, 2.24) is 4.90 Å². The van der Waals surface area contributed by atoms with Gasteiger partial charge in [-0.25, -0.2) is 8.42 Å². The van der Waals surface area contributed by atoms with Crippen LogP contribution in [0, 0.1) is 11.3 Å². The fourth-order valence-electron chi connectivity index (χ4n) is 4.47. The van der Waals surface area contributed by atoms with E-state index in [0.29, 0.717) is 12.5 Å². The monoisotopic (exact) mass is 414 g/mol. The van der Waals surface area contributed by atoms with E-state index in [9.17, 15) is 8.42 Å². The molecule has 2 aliphatic heterocycles. The number of piperidine rings is 1. The second-order valence-electron chi connectivity index (χ2n) is 8.90. The van der Waals surface area contributed by atoms with Crippen molar-refractivity contribution in [2.24, 2.45) is 15.7 Å². The minimum absolute atomic E-state index is 0.115. The van der Waals surface area contributed by atoms with Crippen LogP contribution in [0.1, 0.15) is 51.5 Å². The van der Waals surface area contributed by atoms with Gasteiger partial charge in [-0.05, 0) is 60.4 Å². The van der Waals surface area contributed by atoms with Crippen molar-refractivity contribution in [3.63, 3.8) is 0 Å². The number of hydrogen-bond acceptors (Lipinski definition) is 4. The minimum atomic E-state index is -3.33. The molecule has 1 fully saturated rings. The van der Waals surface area contributed by atoms with Crippen molar-refractivity contribution in [3.8, 4) is 5.75 Å². The Balaban J connectivity index is 1.52. The molecule has 4 rings (SSSR count). The van der Waals surface area contributed by atoms with Gasteiger partial charge in [-0.3, -0.25) is 0 Å². The van der Waals surface area contributed by atoms with Crippen LogP contribution in [0.15, 0.2) is 52.7 Å². The van der Waals surface area contributed by atoms with Gasteiger partial charge in [-0.1, -0.05) is 39.0 Å². The van der Waals surface area contributed by atoms with E-state index in [1.807, 2.05) is 18.2 Å². The average Bonchev–Trinajstić information content (AvgIpc) is 2.69. The number of hydrogen-bond donors (Lipinski definition) is 0. The first-order valence-electron chi connectivity index (χ1n) is 10.5. The molecular weight excluding hydrogens is 384 g/mol. The van der Waals surface area contributed by atoms with E-state index < -0.39 is 10.0 Å². The third-order valence-electron chi connectivity index (χ3n) is 6.34. The SMILES string of the molecule is CC(C)c1cccc(OC2=CCC(C)([C@@H]3CCCN4CCS(=O)(=O)N=C34)C=C2)c1. The molecule has 0 aromatic heterocycles. The summed E-state index contributed by atoms with van der Waals surface area (Å²) < 4.78 is 34.5. The number of sulfonamides is 1. The van der Waals surface area contributed by atoms with Crippen molar-refractivity contribution in [2.75, 3.05) is 18.8 Å². The van der Waals surface area contributed by atoms with Crippen LogP contribution in [-0.4, -0.2) is 38.0 Å². The Morgan fingerprint density at radius 1 is 1.28 bits per heavy atom. The van der Waals surface area contributed by atoms with Gasteiger partial charge in [0.15, 0.2) is 0 Å². The van der Waals surface area contributed by atoms with E-state index >= 15 is 0 Å². The summed E-state index contributed by atoms with van der Waals surface area (Å²) in [6, 6.07) is 8.22. The van der Waals surface area contributed by atoms with E-state index in [1.165, 1.54) is 5.56 Å². The lowest BCUT2D eigenvalue weighted by atomic mass is 9.68. The molecule has 2 atom stereocenters. The maximum atomic E-state index is 12.1. The van der Waals surface area contributed by atoms with E-state index in [0.717, 1.165) is 43.2 Å². The van der Waals surface area contributed by atoms with Gasteiger partial charge in [0, 0.05) is 19.0 Å². The van der Waals surface area contributed by atoms with Gasteiger partial charge >= 0.3 is 0 Å².